The summed E-state index contributed by atoms with van der Waals surface area (Å²) in [5.41, 5.74) is 0. The first kappa shape index (κ1) is 14.5. The summed E-state index contributed by atoms with van der Waals surface area (Å²) in [6.45, 7) is 3.95. The lowest BCUT2D eigenvalue weighted by Gasteiger charge is -2.34. The molecule has 1 fully saturated rings. The number of sulfonamides is 1. The second-order valence-electron chi connectivity index (χ2n) is 4.81. The maximum Gasteiger partial charge on any atom is 0.251 e. The van der Waals surface area contributed by atoms with Crippen molar-refractivity contribution in [2.45, 2.75) is 23.6 Å². The van der Waals surface area contributed by atoms with Crippen LogP contribution in [0, 0.1) is 5.92 Å². The van der Waals surface area contributed by atoms with Crippen molar-refractivity contribution in [1.29, 1.82) is 0 Å². The quantitative estimate of drug-likeness (QED) is 0.906. The van der Waals surface area contributed by atoms with E-state index in [2.05, 4.69) is 39.5 Å². The topological polar surface area (TPSA) is 49.4 Å². The molecule has 0 amide bonds. The van der Waals surface area contributed by atoms with Crippen molar-refractivity contribution in [2.24, 2.45) is 5.92 Å². The van der Waals surface area contributed by atoms with Gasteiger partial charge in [0.15, 0.2) is 0 Å². The van der Waals surface area contributed by atoms with Crippen molar-refractivity contribution >= 4 is 37.3 Å². The van der Waals surface area contributed by atoms with Gasteiger partial charge in [-0.25, -0.2) is 13.1 Å². The van der Waals surface area contributed by atoms with Gasteiger partial charge in [0.05, 0.1) is 0 Å². The molecule has 1 aromatic heterocycles. The van der Waals surface area contributed by atoms with E-state index in [1.165, 1.54) is 11.3 Å². The van der Waals surface area contributed by atoms with Crippen LogP contribution in [0.2, 0.25) is 0 Å². The minimum absolute atomic E-state index is 0.0280. The van der Waals surface area contributed by atoms with Crippen LogP contribution in [-0.2, 0) is 10.0 Å². The molecule has 1 aromatic rings. The Balaban J connectivity index is 2.12. The molecule has 0 aliphatic carbocycles. The number of nitrogens with zero attached hydrogens (tertiary/aromatic N) is 1. The first-order valence-corrected chi connectivity index (χ1v) is 8.99. The lowest BCUT2D eigenvalue weighted by Crippen LogP contribution is -2.48. The van der Waals surface area contributed by atoms with Crippen molar-refractivity contribution < 1.29 is 8.42 Å². The molecule has 0 spiro atoms. The van der Waals surface area contributed by atoms with Crippen LogP contribution in [0.4, 0.5) is 0 Å². The third kappa shape index (κ3) is 3.14. The van der Waals surface area contributed by atoms with Gasteiger partial charge in [0.1, 0.15) is 4.21 Å². The first-order valence-electron chi connectivity index (χ1n) is 5.84. The van der Waals surface area contributed by atoms with E-state index in [1.807, 2.05) is 0 Å². The van der Waals surface area contributed by atoms with E-state index in [0.717, 1.165) is 19.5 Å². The van der Waals surface area contributed by atoms with E-state index in [-0.39, 0.29) is 6.04 Å². The van der Waals surface area contributed by atoms with E-state index in [4.69, 9.17) is 0 Å². The number of rotatable bonds is 3. The summed E-state index contributed by atoms with van der Waals surface area (Å²) in [5.74, 6) is 0.331. The minimum atomic E-state index is -3.39. The number of thiophene rings is 1. The zero-order valence-corrected chi connectivity index (χ0v) is 13.6. The predicted molar refractivity (Wildman–Crippen MR) is 77.4 cm³/mol. The van der Waals surface area contributed by atoms with E-state index >= 15 is 0 Å². The lowest BCUT2D eigenvalue weighted by molar-refractivity contribution is 0.188. The summed E-state index contributed by atoms with van der Waals surface area (Å²) in [4.78, 5) is 2.23. The fraction of sp³-hybridized carbons (Fsp3) is 0.636. The number of piperidine rings is 1. The highest BCUT2D eigenvalue weighted by molar-refractivity contribution is 9.10. The summed E-state index contributed by atoms with van der Waals surface area (Å²) >= 11 is 4.51. The Morgan fingerprint density at radius 3 is 2.83 bits per heavy atom. The van der Waals surface area contributed by atoms with Gasteiger partial charge in [-0.2, -0.15) is 0 Å². The van der Waals surface area contributed by atoms with Gasteiger partial charge in [0.25, 0.3) is 10.0 Å². The van der Waals surface area contributed by atoms with Crippen molar-refractivity contribution in [2.75, 3.05) is 20.1 Å². The largest absolute Gasteiger partial charge is 0.306 e. The zero-order chi connectivity index (χ0) is 13.3. The summed E-state index contributed by atoms with van der Waals surface area (Å²) in [7, 11) is -1.33. The molecule has 1 N–H and O–H groups in total. The van der Waals surface area contributed by atoms with Gasteiger partial charge in [0, 0.05) is 17.1 Å². The Morgan fingerprint density at radius 2 is 2.28 bits per heavy atom. The molecule has 4 nitrogen and oxygen atoms in total. The Labute approximate surface area is 121 Å². The van der Waals surface area contributed by atoms with Crippen LogP contribution in [0.3, 0.4) is 0 Å². The smallest absolute Gasteiger partial charge is 0.251 e. The molecule has 0 radical (unpaired) electrons. The average Bonchev–Trinajstić information content (AvgIpc) is 2.69. The number of nitrogens with one attached hydrogen (secondary N) is 1. The summed E-state index contributed by atoms with van der Waals surface area (Å²) < 4.78 is 28.4. The fourth-order valence-corrected chi connectivity index (χ4v) is 5.99. The molecule has 18 heavy (non-hydrogen) atoms. The number of hydrogen-bond donors (Lipinski definition) is 1. The molecule has 0 bridgehead atoms. The third-order valence-electron chi connectivity index (χ3n) is 3.24. The van der Waals surface area contributed by atoms with Crippen molar-refractivity contribution in [3.8, 4) is 0 Å². The molecule has 2 rings (SSSR count). The molecule has 1 saturated heterocycles. The second kappa shape index (κ2) is 5.58. The van der Waals surface area contributed by atoms with Gasteiger partial charge >= 0.3 is 0 Å². The predicted octanol–water partition coefficient (Wildman–Crippen LogP) is 2.13. The van der Waals surface area contributed by atoms with Gasteiger partial charge in [-0.1, -0.05) is 6.92 Å². The highest BCUT2D eigenvalue weighted by Gasteiger charge is 2.29. The Bertz CT molecular complexity index is 515. The average molecular weight is 353 g/mol. The van der Waals surface area contributed by atoms with Crippen molar-refractivity contribution in [1.82, 2.24) is 9.62 Å². The van der Waals surface area contributed by atoms with Crippen LogP contribution in [0.1, 0.15) is 13.3 Å². The zero-order valence-electron chi connectivity index (χ0n) is 10.4. The molecule has 1 aliphatic rings. The molecule has 2 heterocycles. The highest BCUT2D eigenvalue weighted by atomic mass is 79.9. The lowest BCUT2D eigenvalue weighted by atomic mass is 9.95. The molecule has 7 heteroatoms. The van der Waals surface area contributed by atoms with Gasteiger partial charge in [-0.05, 0) is 53.3 Å². The maximum atomic E-state index is 12.3. The van der Waals surface area contributed by atoms with Gasteiger partial charge in [-0.3, -0.25) is 0 Å². The van der Waals surface area contributed by atoms with Crippen LogP contribution >= 0.6 is 27.3 Å². The van der Waals surface area contributed by atoms with E-state index in [9.17, 15) is 8.42 Å². The van der Waals surface area contributed by atoms with Crippen LogP contribution in [0.25, 0.3) is 0 Å². The van der Waals surface area contributed by atoms with Gasteiger partial charge in [0.2, 0.25) is 0 Å². The van der Waals surface area contributed by atoms with Crippen LogP contribution in [0.15, 0.2) is 20.1 Å². The normalized spacial score (nSPS) is 26.4. The van der Waals surface area contributed by atoms with E-state index in [0.29, 0.717) is 14.6 Å². The van der Waals surface area contributed by atoms with Crippen LogP contribution in [0.5, 0.6) is 0 Å². The molecular weight excluding hydrogens is 336 g/mol. The summed E-state index contributed by atoms with van der Waals surface area (Å²) in [6.07, 6.45) is 0.861. The fourth-order valence-electron chi connectivity index (χ4n) is 2.25. The Morgan fingerprint density at radius 1 is 1.56 bits per heavy atom. The van der Waals surface area contributed by atoms with Gasteiger partial charge < -0.3 is 4.90 Å². The molecule has 1 aliphatic heterocycles. The standard InChI is InChI=1S/C11H17BrN2O2S2/c1-8-7-14(2)5-3-10(8)13-18(15,16)11-9(12)4-6-17-11/h4,6,8,10,13H,3,5,7H2,1-2H3. The molecule has 102 valence electrons. The molecule has 2 atom stereocenters. The SMILES string of the molecule is CC1CN(C)CCC1NS(=O)(=O)c1sccc1Br. The van der Waals surface area contributed by atoms with Gasteiger partial charge in [-0.15, -0.1) is 11.3 Å². The summed E-state index contributed by atoms with van der Waals surface area (Å²) in [5, 5.41) is 1.77. The highest BCUT2D eigenvalue weighted by Crippen LogP contribution is 2.28. The van der Waals surface area contributed by atoms with E-state index in [1.54, 1.807) is 11.4 Å². The molecule has 0 saturated carbocycles. The van der Waals surface area contributed by atoms with Crippen LogP contribution in [-0.4, -0.2) is 39.5 Å². The van der Waals surface area contributed by atoms with Crippen molar-refractivity contribution in [3.05, 3.63) is 15.9 Å². The van der Waals surface area contributed by atoms with Crippen molar-refractivity contribution in [3.63, 3.8) is 0 Å². The number of halogens is 1. The monoisotopic (exact) mass is 352 g/mol. The molecule has 0 aromatic carbocycles. The maximum absolute atomic E-state index is 12.3. The Kier molecular flexibility index (Phi) is 4.48. The first-order chi connectivity index (χ1) is 8.40. The Hall–Kier alpha value is 0.0500. The molecule has 2 unspecified atom stereocenters. The number of hydrogen-bond acceptors (Lipinski definition) is 4. The third-order valence-corrected chi connectivity index (χ3v) is 7.40. The van der Waals surface area contributed by atoms with Crippen LogP contribution < -0.4 is 4.72 Å². The summed E-state index contributed by atoms with van der Waals surface area (Å²) in [6, 6.07) is 1.79. The van der Waals surface area contributed by atoms with E-state index < -0.39 is 10.0 Å². The minimum Gasteiger partial charge on any atom is -0.306 e. The second-order valence-corrected chi connectivity index (χ2v) is 8.49. The molecular formula is C11H17BrN2O2S2. The number of likely N-dealkylation sites (tertiary alicyclic amines) is 1.